The van der Waals surface area contributed by atoms with Crippen molar-refractivity contribution in [2.75, 3.05) is 30.4 Å². The summed E-state index contributed by atoms with van der Waals surface area (Å²) in [4.78, 5) is 26.9. The SMILES string of the molecule is CC1CC(=O)Nc2ccccc2N1C(=O)CN(C)S(=O)(=O)c1ccc2c(c1)CCO2. The summed E-state index contributed by atoms with van der Waals surface area (Å²) >= 11 is 0. The monoisotopic (exact) mass is 429 g/mol. The highest BCUT2D eigenvalue weighted by molar-refractivity contribution is 7.89. The Balaban J connectivity index is 1.59. The first-order valence-electron chi connectivity index (χ1n) is 9.70. The number of rotatable bonds is 4. The van der Waals surface area contributed by atoms with Gasteiger partial charge < -0.3 is 15.0 Å². The number of benzene rings is 2. The van der Waals surface area contributed by atoms with Crippen LogP contribution in [0.1, 0.15) is 18.9 Å². The Morgan fingerprint density at radius 3 is 2.83 bits per heavy atom. The maximum atomic E-state index is 13.2. The molecule has 8 nitrogen and oxygen atoms in total. The minimum Gasteiger partial charge on any atom is -0.493 e. The molecule has 0 bridgehead atoms. The van der Waals surface area contributed by atoms with Crippen molar-refractivity contribution in [3.63, 3.8) is 0 Å². The number of carbonyl (C=O) groups is 2. The molecule has 0 saturated heterocycles. The first-order valence-corrected chi connectivity index (χ1v) is 11.1. The number of hydrogen-bond acceptors (Lipinski definition) is 5. The van der Waals surface area contributed by atoms with E-state index in [0.717, 1.165) is 9.87 Å². The second kappa shape index (κ2) is 7.73. The first-order chi connectivity index (χ1) is 14.3. The van der Waals surface area contributed by atoms with Crippen LogP contribution in [0.3, 0.4) is 0 Å². The molecular formula is C21H23N3O5S. The summed E-state index contributed by atoms with van der Waals surface area (Å²) in [6.07, 6.45) is 0.784. The largest absolute Gasteiger partial charge is 0.493 e. The molecule has 2 aromatic rings. The van der Waals surface area contributed by atoms with Crippen LogP contribution in [0.5, 0.6) is 5.75 Å². The molecule has 158 valence electrons. The smallest absolute Gasteiger partial charge is 0.243 e. The van der Waals surface area contributed by atoms with E-state index in [1.807, 2.05) is 0 Å². The van der Waals surface area contributed by atoms with Crippen LogP contribution in [0.2, 0.25) is 0 Å². The molecule has 0 aromatic heterocycles. The number of ether oxygens (including phenoxy) is 1. The number of amides is 2. The number of anilines is 2. The highest BCUT2D eigenvalue weighted by Gasteiger charge is 2.32. The Kier molecular flexibility index (Phi) is 5.25. The summed E-state index contributed by atoms with van der Waals surface area (Å²) in [6, 6.07) is 11.3. The van der Waals surface area contributed by atoms with Crippen LogP contribution in [0.15, 0.2) is 47.4 Å². The zero-order valence-corrected chi connectivity index (χ0v) is 17.6. The molecule has 2 heterocycles. The second-order valence-electron chi connectivity index (χ2n) is 7.51. The van der Waals surface area contributed by atoms with Gasteiger partial charge in [-0.05, 0) is 42.8 Å². The summed E-state index contributed by atoms with van der Waals surface area (Å²) in [5, 5.41) is 2.79. The third kappa shape index (κ3) is 3.66. The number of nitrogens with zero attached hydrogens (tertiary/aromatic N) is 2. The number of likely N-dealkylation sites (N-methyl/N-ethyl adjacent to an activating group) is 1. The van der Waals surface area contributed by atoms with Crippen LogP contribution in [0.25, 0.3) is 0 Å². The molecular weight excluding hydrogens is 406 g/mol. The van der Waals surface area contributed by atoms with Gasteiger partial charge in [-0.3, -0.25) is 9.59 Å². The lowest BCUT2D eigenvalue weighted by Gasteiger charge is -2.29. The van der Waals surface area contributed by atoms with Gasteiger partial charge in [0.1, 0.15) is 5.75 Å². The van der Waals surface area contributed by atoms with Crippen LogP contribution < -0.4 is 15.0 Å². The number of fused-ring (bicyclic) bond motifs is 2. The van der Waals surface area contributed by atoms with E-state index in [4.69, 9.17) is 4.74 Å². The average Bonchev–Trinajstić information content (AvgIpc) is 3.12. The summed E-state index contributed by atoms with van der Waals surface area (Å²) < 4.78 is 32.6. The van der Waals surface area contributed by atoms with Crippen molar-refractivity contribution in [2.45, 2.75) is 30.7 Å². The number of carbonyl (C=O) groups excluding carboxylic acids is 2. The number of nitrogens with one attached hydrogen (secondary N) is 1. The van der Waals surface area contributed by atoms with Gasteiger partial charge in [-0.15, -0.1) is 0 Å². The lowest BCUT2D eigenvalue weighted by atomic mass is 10.1. The minimum absolute atomic E-state index is 0.127. The lowest BCUT2D eigenvalue weighted by molar-refractivity contribution is -0.119. The van der Waals surface area contributed by atoms with Crippen molar-refractivity contribution in [1.82, 2.24) is 4.31 Å². The maximum Gasteiger partial charge on any atom is 0.243 e. The molecule has 2 amide bonds. The molecule has 4 rings (SSSR count). The van der Waals surface area contributed by atoms with Gasteiger partial charge in [0.2, 0.25) is 21.8 Å². The van der Waals surface area contributed by atoms with Gasteiger partial charge in [0.05, 0.1) is 29.4 Å². The molecule has 30 heavy (non-hydrogen) atoms. The summed E-state index contributed by atoms with van der Waals surface area (Å²) in [7, 11) is -2.48. The van der Waals surface area contributed by atoms with Crippen molar-refractivity contribution in [3.8, 4) is 5.75 Å². The van der Waals surface area contributed by atoms with Gasteiger partial charge in [0.25, 0.3) is 0 Å². The highest BCUT2D eigenvalue weighted by atomic mass is 32.2. The third-order valence-corrected chi connectivity index (χ3v) is 7.15. The van der Waals surface area contributed by atoms with Gasteiger partial charge in [0, 0.05) is 25.9 Å². The summed E-state index contributed by atoms with van der Waals surface area (Å²) in [5.41, 5.74) is 1.93. The summed E-state index contributed by atoms with van der Waals surface area (Å²) in [6.45, 7) is 1.96. The van der Waals surface area contributed by atoms with E-state index < -0.39 is 22.0 Å². The zero-order valence-electron chi connectivity index (χ0n) is 16.8. The van der Waals surface area contributed by atoms with Crippen LogP contribution in [-0.2, 0) is 26.0 Å². The molecule has 1 unspecified atom stereocenters. The zero-order chi connectivity index (χ0) is 21.5. The van der Waals surface area contributed by atoms with Gasteiger partial charge in [-0.1, -0.05) is 12.1 Å². The predicted molar refractivity (Wildman–Crippen MR) is 112 cm³/mol. The van der Waals surface area contributed by atoms with Crippen LogP contribution >= 0.6 is 0 Å². The fraction of sp³-hybridized carbons (Fsp3) is 0.333. The van der Waals surface area contributed by atoms with Crippen molar-refractivity contribution >= 4 is 33.2 Å². The normalized spacial score (nSPS) is 18.3. The quantitative estimate of drug-likeness (QED) is 0.802. The standard InChI is InChI=1S/C21H23N3O5S/c1-14-11-20(25)22-17-5-3-4-6-18(17)24(14)21(26)13-23(2)30(27,28)16-7-8-19-15(12-16)9-10-29-19/h3-8,12,14H,9-11,13H2,1-2H3,(H,22,25). The highest BCUT2D eigenvalue weighted by Crippen LogP contribution is 2.32. The molecule has 2 aliphatic rings. The number of sulfonamides is 1. The predicted octanol–water partition coefficient (Wildman–Crippen LogP) is 2.01. The van der Waals surface area contributed by atoms with Crippen LogP contribution in [0.4, 0.5) is 11.4 Å². The van der Waals surface area contributed by atoms with E-state index in [1.165, 1.54) is 18.0 Å². The topological polar surface area (TPSA) is 96.0 Å². The van der Waals surface area contributed by atoms with E-state index in [2.05, 4.69) is 5.32 Å². The fourth-order valence-electron chi connectivity index (χ4n) is 3.82. The molecule has 1 N–H and O–H groups in total. The Hall–Kier alpha value is -2.91. The van der Waals surface area contributed by atoms with E-state index in [1.54, 1.807) is 43.3 Å². The van der Waals surface area contributed by atoms with Crippen molar-refractivity contribution in [1.29, 1.82) is 0 Å². The minimum atomic E-state index is -3.86. The molecule has 0 spiro atoms. The molecule has 2 aromatic carbocycles. The molecule has 0 saturated carbocycles. The van der Waals surface area contributed by atoms with Crippen molar-refractivity contribution in [3.05, 3.63) is 48.0 Å². The molecule has 2 aliphatic heterocycles. The third-order valence-electron chi connectivity index (χ3n) is 5.35. The summed E-state index contributed by atoms with van der Waals surface area (Å²) in [5.74, 6) is 0.105. The Morgan fingerprint density at radius 1 is 1.27 bits per heavy atom. The molecule has 0 radical (unpaired) electrons. The van der Waals surface area contributed by atoms with Crippen LogP contribution in [-0.4, -0.2) is 50.8 Å². The second-order valence-corrected chi connectivity index (χ2v) is 9.56. The average molecular weight is 429 g/mol. The lowest BCUT2D eigenvalue weighted by Crippen LogP contribution is -2.45. The molecule has 0 aliphatic carbocycles. The number of hydrogen-bond donors (Lipinski definition) is 1. The Labute approximate surface area is 175 Å². The van der Waals surface area contributed by atoms with E-state index in [-0.39, 0.29) is 23.8 Å². The molecule has 0 fully saturated rings. The Bertz CT molecular complexity index is 1120. The van der Waals surface area contributed by atoms with E-state index >= 15 is 0 Å². The maximum absolute atomic E-state index is 13.2. The Morgan fingerprint density at radius 2 is 2.03 bits per heavy atom. The van der Waals surface area contributed by atoms with Gasteiger partial charge in [-0.25, -0.2) is 8.42 Å². The molecule has 9 heteroatoms. The van der Waals surface area contributed by atoms with Crippen LogP contribution in [0, 0.1) is 0 Å². The first kappa shape index (κ1) is 20.4. The van der Waals surface area contributed by atoms with Crippen molar-refractivity contribution in [2.24, 2.45) is 0 Å². The van der Waals surface area contributed by atoms with E-state index in [0.29, 0.717) is 30.2 Å². The van der Waals surface area contributed by atoms with Gasteiger partial charge >= 0.3 is 0 Å². The van der Waals surface area contributed by atoms with Crippen molar-refractivity contribution < 1.29 is 22.7 Å². The van der Waals surface area contributed by atoms with Gasteiger partial charge in [-0.2, -0.15) is 4.31 Å². The molecule has 1 atom stereocenters. The van der Waals surface area contributed by atoms with Gasteiger partial charge in [0.15, 0.2) is 0 Å². The fourth-order valence-corrected chi connectivity index (χ4v) is 4.99. The number of para-hydroxylation sites is 2. The van der Waals surface area contributed by atoms with E-state index in [9.17, 15) is 18.0 Å².